The monoisotopic (exact) mass is 308 g/mol. The van der Waals surface area contributed by atoms with Crippen molar-refractivity contribution in [2.24, 2.45) is 29.6 Å². The molecule has 1 aliphatic heterocycles. The third-order valence-electron chi connectivity index (χ3n) is 6.80. The molecule has 3 nitrogen and oxygen atoms in total. The fourth-order valence-corrected chi connectivity index (χ4v) is 5.18. The molecule has 0 bridgehead atoms. The van der Waals surface area contributed by atoms with E-state index in [1.165, 1.54) is 51.4 Å². The quantitative estimate of drug-likeness (QED) is 0.835. The van der Waals surface area contributed by atoms with E-state index < -0.39 is 12.1 Å². The molecule has 0 amide bonds. The van der Waals surface area contributed by atoms with Gasteiger partial charge in [-0.1, -0.05) is 19.8 Å². The van der Waals surface area contributed by atoms with Crippen LogP contribution in [0.15, 0.2) is 0 Å². The molecule has 2 unspecified atom stereocenters. The predicted octanol–water partition coefficient (Wildman–Crippen LogP) is 4.50. The Morgan fingerprint density at radius 3 is 1.68 bits per heavy atom. The lowest BCUT2D eigenvalue weighted by atomic mass is 9.67. The Kier molecular flexibility index (Phi) is 5.43. The van der Waals surface area contributed by atoms with E-state index in [0.29, 0.717) is 18.9 Å². The second kappa shape index (κ2) is 7.33. The fraction of sp³-hybridized carbons (Fsp3) is 0.947. The molecule has 3 rings (SSSR count). The number of aliphatic carboxylic acids is 1. The average molecular weight is 308 g/mol. The van der Waals surface area contributed by atoms with Crippen molar-refractivity contribution in [2.45, 2.75) is 77.2 Å². The first-order valence-electron chi connectivity index (χ1n) is 9.48. The summed E-state index contributed by atoms with van der Waals surface area (Å²) in [6.07, 6.45) is 12.5. The topological polar surface area (TPSA) is 46.5 Å². The molecule has 3 aliphatic rings. The van der Waals surface area contributed by atoms with Gasteiger partial charge in [-0.15, -0.1) is 0 Å². The van der Waals surface area contributed by atoms with Crippen molar-refractivity contribution in [1.82, 2.24) is 0 Å². The van der Waals surface area contributed by atoms with Crippen molar-refractivity contribution in [2.75, 3.05) is 6.61 Å². The van der Waals surface area contributed by atoms with Crippen LogP contribution in [-0.2, 0) is 9.53 Å². The summed E-state index contributed by atoms with van der Waals surface area (Å²) in [6, 6.07) is 0. The highest BCUT2D eigenvalue weighted by Crippen LogP contribution is 2.44. The van der Waals surface area contributed by atoms with Crippen LogP contribution in [0.3, 0.4) is 0 Å². The molecule has 0 aromatic heterocycles. The molecule has 1 heterocycles. The fourth-order valence-electron chi connectivity index (χ4n) is 5.18. The predicted molar refractivity (Wildman–Crippen MR) is 86.7 cm³/mol. The molecule has 2 atom stereocenters. The van der Waals surface area contributed by atoms with Crippen LogP contribution in [0.25, 0.3) is 0 Å². The van der Waals surface area contributed by atoms with Gasteiger partial charge in [0, 0.05) is 0 Å². The summed E-state index contributed by atoms with van der Waals surface area (Å²) in [4.78, 5) is 11.0. The standard InChI is InChI=1S/C19H32O3/c1-13-2-4-14(5-3-13)15-6-8-16(9-7-15)17-10-11-18(19(20)21)22-12-17/h13-18H,2-12H2,1H3,(H,20,21). The molecule has 1 N–H and O–H groups in total. The molecule has 2 aliphatic carbocycles. The molecule has 3 heteroatoms. The van der Waals surface area contributed by atoms with E-state index in [-0.39, 0.29) is 0 Å². The molecule has 0 aromatic rings. The zero-order chi connectivity index (χ0) is 15.5. The lowest BCUT2D eigenvalue weighted by Gasteiger charge is -2.40. The number of hydrogen-bond donors (Lipinski definition) is 1. The summed E-state index contributed by atoms with van der Waals surface area (Å²) < 4.78 is 5.56. The summed E-state index contributed by atoms with van der Waals surface area (Å²) >= 11 is 0. The van der Waals surface area contributed by atoms with Crippen LogP contribution in [0.2, 0.25) is 0 Å². The molecule has 0 radical (unpaired) electrons. The van der Waals surface area contributed by atoms with Crippen LogP contribution in [0, 0.1) is 29.6 Å². The highest BCUT2D eigenvalue weighted by atomic mass is 16.5. The Morgan fingerprint density at radius 1 is 0.773 bits per heavy atom. The van der Waals surface area contributed by atoms with Crippen LogP contribution in [0.4, 0.5) is 0 Å². The van der Waals surface area contributed by atoms with E-state index in [1.807, 2.05) is 0 Å². The lowest BCUT2D eigenvalue weighted by Crippen LogP contribution is -2.36. The van der Waals surface area contributed by atoms with Crippen LogP contribution < -0.4 is 0 Å². The number of carboxylic acid groups (broad SMARTS) is 1. The maximum absolute atomic E-state index is 11.0. The van der Waals surface area contributed by atoms with Gasteiger partial charge in [-0.2, -0.15) is 0 Å². The molecule has 0 spiro atoms. The van der Waals surface area contributed by atoms with Crippen molar-refractivity contribution in [1.29, 1.82) is 0 Å². The maximum Gasteiger partial charge on any atom is 0.332 e. The van der Waals surface area contributed by atoms with E-state index in [2.05, 4.69) is 6.92 Å². The summed E-state index contributed by atoms with van der Waals surface area (Å²) in [6.45, 7) is 3.08. The van der Waals surface area contributed by atoms with E-state index in [4.69, 9.17) is 9.84 Å². The van der Waals surface area contributed by atoms with Gasteiger partial charge in [0.15, 0.2) is 6.10 Å². The lowest BCUT2D eigenvalue weighted by molar-refractivity contribution is -0.156. The molecular weight excluding hydrogens is 276 g/mol. The molecule has 1 saturated heterocycles. The molecule has 126 valence electrons. The molecular formula is C19H32O3. The van der Waals surface area contributed by atoms with Crippen molar-refractivity contribution in [3.05, 3.63) is 0 Å². The van der Waals surface area contributed by atoms with Gasteiger partial charge >= 0.3 is 5.97 Å². The van der Waals surface area contributed by atoms with E-state index in [9.17, 15) is 4.79 Å². The van der Waals surface area contributed by atoms with E-state index in [0.717, 1.165) is 30.1 Å². The smallest absolute Gasteiger partial charge is 0.332 e. The average Bonchev–Trinajstić information content (AvgIpc) is 2.56. The van der Waals surface area contributed by atoms with Crippen LogP contribution in [0.1, 0.15) is 71.1 Å². The minimum atomic E-state index is -0.784. The Morgan fingerprint density at radius 2 is 1.23 bits per heavy atom. The number of rotatable bonds is 3. The number of carboxylic acids is 1. The highest BCUT2D eigenvalue weighted by molar-refractivity contribution is 5.72. The van der Waals surface area contributed by atoms with Gasteiger partial charge in [-0.25, -0.2) is 4.79 Å². The molecule has 22 heavy (non-hydrogen) atoms. The first-order chi connectivity index (χ1) is 10.6. The molecule has 0 aromatic carbocycles. The normalized spacial score (nSPS) is 43.7. The van der Waals surface area contributed by atoms with Gasteiger partial charge in [-0.3, -0.25) is 0 Å². The zero-order valence-electron chi connectivity index (χ0n) is 14.0. The minimum absolute atomic E-state index is 0.545. The van der Waals surface area contributed by atoms with Crippen molar-refractivity contribution >= 4 is 5.97 Å². The zero-order valence-corrected chi connectivity index (χ0v) is 14.0. The minimum Gasteiger partial charge on any atom is -0.479 e. The van der Waals surface area contributed by atoms with Crippen LogP contribution >= 0.6 is 0 Å². The largest absolute Gasteiger partial charge is 0.479 e. The van der Waals surface area contributed by atoms with Crippen LogP contribution in [-0.4, -0.2) is 23.8 Å². The van der Waals surface area contributed by atoms with Crippen LogP contribution in [0.5, 0.6) is 0 Å². The Labute approximate surface area is 134 Å². The second-order valence-electron chi connectivity index (χ2n) is 8.19. The van der Waals surface area contributed by atoms with Gasteiger partial charge in [-0.05, 0) is 81.0 Å². The van der Waals surface area contributed by atoms with E-state index in [1.54, 1.807) is 0 Å². The van der Waals surface area contributed by atoms with E-state index >= 15 is 0 Å². The Balaban J connectivity index is 1.41. The van der Waals surface area contributed by atoms with Gasteiger partial charge in [0.05, 0.1) is 6.61 Å². The number of ether oxygens (including phenoxy) is 1. The summed E-state index contributed by atoms with van der Waals surface area (Å²) in [5.74, 6) is 3.54. The third kappa shape index (κ3) is 3.84. The molecule has 3 fully saturated rings. The van der Waals surface area contributed by atoms with Gasteiger partial charge in [0.1, 0.15) is 0 Å². The van der Waals surface area contributed by atoms with Gasteiger partial charge in [0.2, 0.25) is 0 Å². The summed E-state index contributed by atoms with van der Waals surface area (Å²) in [5, 5.41) is 9.01. The summed E-state index contributed by atoms with van der Waals surface area (Å²) in [5.41, 5.74) is 0. The van der Waals surface area contributed by atoms with Crippen molar-refractivity contribution in [3.8, 4) is 0 Å². The first-order valence-corrected chi connectivity index (χ1v) is 9.48. The van der Waals surface area contributed by atoms with Gasteiger partial charge in [0.25, 0.3) is 0 Å². The number of carbonyl (C=O) groups is 1. The van der Waals surface area contributed by atoms with Crippen molar-refractivity contribution < 1.29 is 14.6 Å². The Hall–Kier alpha value is -0.570. The third-order valence-corrected chi connectivity index (χ3v) is 6.80. The van der Waals surface area contributed by atoms with Crippen molar-refractivity contribution in [3.63, 3.8) is 0 Å². The molecule has 2 saturated carbocycles. The Bertz CT molecular complexity index is 357. The first kappa shape index (κ1) is 16.3. The maximum atomic E-state index is 11.0. The highest BCUT2D eigenvalue weighted by Gasteiger charge is 2.35. The van der Waals surface area contributed by atoms with Gasteiger partial charge < -0.3 is 9.84 Å². The summed E-state index contributed by atoms with van der Waals surface area (Å²) in [7, 11) is 0. The SMILES string of the molecule is CC1CCC(C2CCC(C3CCC(C(=O)O)OC3)CC2)CC1. The number of hydrogen-bond acceptors (Lipinski definition) is 2. The second-order valence-corrected chi connectivity index (χ2v) is 8.19.